The Morgan fingerprint density at radius 3 is 2.82 bits per heavy atom. The summed E-state index contributed by atoms with van der Waals surface area (Å²) in [7, 11) is 0. The Balaban J connectivity index is 1.66. The molecule has 150 valence electrons. The van der Waals surface area contributed by atoms with Crippen LogP contribution in [0.4, 0.5) is 4.79 Å². The minimum atomic E-state index is -0.274. The number of aromatic nitrogens is 2. The third-order valence-corrected chi connectivity index (χ3v) is 5.58. The van der Waals surface area contributed by atoms with Gasteiger partial charge in [0.25, 0.3) is 5.56 Å². The number of urea groups is 1. The van der Waals surface area contributed by atoms with Crippen LogP contribution in [0.1, 0.15) is 37.5 Å². The lowest BCUT2D eigenvalue weighted by Gasteiger charge is -2.30. The first-order valence-corrected chi connectivity index (χ1v) is 9.94. The summed E-state index contributed by atoms with van der Waals surface area (Å²) in [6, 6.07) is 6.93. The number of para-hydroxylation sites is 1. The number of nitrogens with one attached hydrogen (secondary N) is 1. The topological polar surface area (TPSA) is 96.7 Å². The highest BCUT2D eigenvalue weighted by Crippen LogP contribution is 2.31. The molecule has 4 rings (SSSR count). The molecular formula is C20H26N4O4. The molecule has 2 fully saturated rings. The SMILES string of the molecule is O=C(NC1CCOCC1)N1CCCC1c1nc2ccccc2c(=O)n1CCO. The molecule has 1 atom stereocenters. The van der Waals surface area contributed by atoms with Crippen molar-refractivity contribution in [3.63, 3.8) is 0 Å². The van der Waals surface area contributed by atoms with Gasteiger partial charge < -0.3 is 20.1 Å². The molecule has 2 aliphatic rings. The van der Waals surface area contributed by atoms with E-state index in [1.165, 1.54) is 4.57 Å². The average molecular weight is 386 g/mol. The van der Waals surface area contributed by atoms with Crippen molar-refractivity contribution in [2.75, 3.05) is 26.4 Å². The maximum absolute atomic E-state index is 13.0. The van der Waals surface area contributed by atoms with E-state index in [0.29, 0.717) is 36.5 Å². The van der Waals surface area contributed by atoms with E-state index in [0.717, 1.165) is 25.7 Å². The number of aliphatic hydroxyl groups is 1. The van der Waals surface area contributed by atoms with Crippen LogP contribution in [0, 0.1) is 0 Å². The molecule has 1 aromatic heterocycles. The van der Waals surface area contributed by atoms with Crippen LogP contribution in [-0.2, 0) is 11.3 Å². The van der Waals surface area contributed by atoms with Gasteiger partial charge in [0.1, 0.15) is 5.82 Å². The molecule has 2 amide bonds. The molecule has 2 saturated heterocycles. The Bertz CT molecular complexity index is 907. The average Bonchev–Trinajstić information content (AvgIpc) is 3.21. The van der Waals surface area contributed by atoms with E-state index in [-0.39, 0.29) is 36.8 Å². The fraction of sp³-hybridized carbons (Fsp3) is 0.550. The number of amides is 2. The number of nitrogens with zero attached hydrogens (tertiary/aromatic N) is 3. The zero-order valence-corrected chi connectivity index (χ0v) is 15.8. The number of hydrogen-bond acceptors (Lipinski definition) is 5. The van der Waals surface area contributed by atoms with E-state index in [1.807, 2.05) is 12.1 Å². The minimum Gasteiger partial charge on any atom is -0.395 e. The van der Waals surface area contributed by atoms with Gasteiger partial charge in [0.15, 0.2) is 0 Å². The Kier molecular flexibility index (Phi) is 5.59. The molecule has 8 nitrogen and oxygen atoms in total. The molecule has 28 heavy (non-hydrogen) atoms. The highest BCUT2D eigenvalue weighted by atomic mass is 16.5. The van der Waals surface area contributed by atoms with Crippen molar-refractivity contribution < 1.29 is 14.6 Å². The number of likely N-dealkylation sites (tertiary alicyclic amines) is 1. The quantitative estimate of drug-likeness (QED) is 0.828. The highest BCUT2D eigenvalue weighted by Gasteiger charge is 2.34. The molecule has 3 heterocycles. The van der Waals surface area contributed by atoms with Gasteiger partial charge in [-0.05, 0) is 37.8 Å². The van der Waals surface area contributed by atoms with E-state index in [2.05, 4.69) is 5.32 Å². The van der Waals surface area contributed by atoms with Gasteiger partial charge in [0.05, 0.1) is 30.1 Å². The van der Waals surface area contributed by atoms with Crippen molar-refractivity contribution in [1.29, 1.82) is 0 Å². The van der Waals surface area contributed by atoms with E-state index in [1.54, 1.807) is 17.0 Å². The summed E-state index contributed by atoms with van der Waals surface area (Å²) in [6.45, 7) is 1.96. The van der Waals surface area contributed by atoms with Gasteiger partial charge >= 0.3 is 6.03 Å². The standard InChI is InChI=1S/C20H26N4O4/c25-11-10-24-18(22-16-5-2-1-4-15(16)19(24)26)17-6-3-9-23(17)20(27)21-14-7-12-28-13-8-14/h1-2,4-5,14,17,25H,3,6-13H2,(H,21,27). The van der Waals surface area contributed by atoms with E-state index in [4.69, 9.17) is 9.72 Å². The molecule has 0 saturated carbocycles. The first-order chi connectivity index (χ1) is 13.7. The molecule has 1 aromatic carbocycles. The molecular weight excluding hydrogens is 360 g/mol. The normalized spacial score (nSPS) is 20.6. The van der Waals surface area contributed by atoms with Gasteiger partial charge in [0, 0.05) is 25.8 Å². The van der Waals surface area contributed by atoms with Crippen LogP contribution >= 0.6 is 0 Å². The Morgan fingerprint density at radius 1 is 1.25 bits per heavy atom. The molecule has 0 spiro atoms. The van der Waals surface area contributed by atoms with Gasteiger partial charge in [-0.2, -0.15) is 0 Å². The van der Waals surface area contributed by atoms with E-state index >= 15 is 0 Å². The molecule has 2 aromatic rings. The number of hydrogen-bond donors (Lipinski definition) is 2. The van der Waals surface area contributed by atoms with E-state index < -0.39 is 0 Å². The van der Waals surface area contributed by atoms with Crippen molar-refractivity contribution in [1.82, 2.24) is 19.8 Å². The van der Waals surface area contributed by atoms with Crippen LogP contribution < -0.4 is 10.9 Å². The highest BCUT2D eigenvalue weighted by molar-refractivity contribution is 5.78. The molecule has 1 unspecified atom stereocenters. The van der Waals surface area contributed by atoms with Crippen LogP contribution in [0.3, 0.4) is 0 Å². The zero-order valence-electron chi connectivity index (χ0n) is 15.8. The van der Waals surface area contributed by atoms with E-state index in [9.17, 15) is 14.7 Å². The lowest BCUT2D eigenvalue weighted by Crippen LogP contribution is -2.47. The Hall–Kier alpha value is -2.45. The first kappa shape index (κ1) is 18.9. The minimum absolute atomic E-state index is 0.117. The lowest BCUT2D eigenvalue weighted by molar-refractivity contribution is 0.0777. The summed E-state index contributed by atoms with van der Waals surface area (Å²) >= 11 is 0. The largest absolute Gasteiger partial charge is 0.395 e. The van der Waals surface area contributed by atoms with Crippen LogP contribution in [0.5, 0.6) is 0 Å². The number of rotatable bonds is 4. The van der Waals surface area contributed by atoms with Crippen molar-refractivity contribution in [3.8, 4) is 0 Å². The second-order valence-electron chi connectivity index (χ2n) is 7.36. The van der Waals surface area contributed by atoms with Crippen LogP contribution in [-0.4, -0.2) is 58.0 Å². The molecule has 0 radical (unpaired) electrons. The Morgan fingerprint density at radius 2 is 2.04 bits per heavy atom. The van der Waals surface area contributed by atoms with Crippen molar-refractivity contribution in [3.05, 3.63) is 40.4 Å². The molecule has 0 bridgehead atoms. The predicted molar refractivity (Wildman–Crippen MR) is 104 cm³/mol. The lowest BCUT2D eigenvalue weighted by atomic mass is 10.1. The van der Waals surface area contributed by atoms with Gasteiger partial charge in [-0.1, -0.05) is 12.1 Å². The van der Waals surface area contributed by atoms with Crippen LogP contribution in [0.2, 0.25) is 0 Å². The summed E-state index contributed by atoms with van der Waals surface area (Å²) in [5, 5.41) is 13.1. The molecule has 2 N–H and O–H groups in total. The van der Waals surface area contributed by atoms with Crippen molar-refractivity contribution >= 4 is 16.9 Å². The van der Waals surface area contributed by atoms with Gasteiger partial charge in [-0.3, -0.25) is 9.36 Å². The molecule has 2 aliphatic heterocycles. The number of carbonyl (C=O) groups is 1. The maximum Gasteiger partial charge on any atom is 0.318 e. The van der Waals surface area contributed by atoms with Gasteiger partial charge in [-0.15, -0.1) is 0 Å². The smallest absolute Gasteiger partial charge is 0.318 e. The third kappa shape index (κ3) is 3.62. The maximum atomic E-state index is 13.0. The predicted octanol–water partition coefficient (Wildman–Crippen LogP) is 1.41. The summed E-state index contributed by atoms with van der Waals surface area (Å²) in [5.74, 6) is 0.553. The van der Waals surface area contributed by atoms with Crippen molar-refractivity contribution in [2.45, 2.75) is 44.3 Å². The number of carbonyl (C=O) groups excluding carboxylic acids is 1. The summed E-state index contributed by atoms with van der Waals surface area (Å²) in [6.07, 6.45) is 3.23. The zero-order chi connectivity index (χ0) is 19.5. The number of aliphatic hydroxyl groups excluding tert-OH is 1. The Labute approximate surface area is 163 Å². The van der Waals surface area contributed by atoms with Crippen molar-refractivity contribution in [2.24, 2.45) is 0 Å². The second-order valence-corrected chi connectivity index (χ2v) is 7.36. The summed E-state index contributed by atoms with van der Waals surface area (Å²) < 4.78 is 6.88. The van der Waals surface area contributed by atoms with Gasteiger partial charge in [-0.25, -0.2) is 9.78 Å². The van der Waals surface area contributed by atoms with Crippen LogP contribution in [0.25, 0.3) is 10.9 Å². The fourth-order valence-electron chi connectivity index (χ4n) is 4.13. The fourth-order valence-corrected chi connectivity index (χ4v) is 4.13. The second kappa shape index (κ2) is 8.28. The summed E-state index contributed by atoms with van der Waals surface area (Å²) in [5.41, 5.74) is 0.444. The molecule has 8 heteroatoms. The van der Waals surface area contributed by atoms with Gasteiger partial charge in [0.2, 0.25) is 0 Å². The molecule has 0 aliphatic carbocycles. The number of fused-ring (bicyclic) bond motifs is 1. The van der Waals surface area contributed by atoms with Crippen LogP contribution in [0.15, 0.2) is 29.1 Å². The number of ether oxygens (including phenoxy) is 1. The summed E-state index contributed by atoms with van der Waals surface area (Å²) in [4.78, 5) is 32.4. The monoisotopic (exact) mass is 386 g/mol. The number of benzene rings is 1. The first-order valence-electron chi connectivity index (χ1n) is 9.94. The third-order valence-electron chi connectivity index (χ3n) is 5.58.